The summed E-state index contributed by atoms with van der Waals surface area (Å²) >= 11 is 6.41. The fourth-order valence-electron chi connectivity index (χ4n) is 2.16. The third-order valence-corrected chi connectivity index (χ3v) is 3.71. The van der Waals surface area contributed by atoms with E-state index >= 15 is 0 Å². The van der Waals surface area contributed by atoms with Crippen molar-refractivity contribution in [3.63, 3.8) is 0 Å². The Morgan fingerprint density at radius 1 is 1.29 bits per heavy atom. The van der Waals surface area contributed by atoms with Crippen molar-refractivity contribution in [3.8, 4) is 0 Å². The minimum Gasteiger partial charge on any atom is -0.380 e. The minimum atomic E-state index is 0.650. The Hall–Kier alpha value is -0.770. The molecule has 0 aliphatic rings. The van der Waals surface area contributed by atoms with Crippen LogP contribution in [0.3, 0.4) is 0 Å². The van der Waals surface area contributed by atoms with Crippen molar-refractivity contribution in [1.82, 2.24) is 5.32 Å². The van der Waals surface area contributed by atoms with Crippen molar-refractivity contribution in [1.29, 1.82) is 0 Å². The summed E-state index contributed by atoms with van der Waals surface area (Å²) in [6.07, 6.45) is 0. The van der Waals surface area contributed by atoms with Gasteiger partial charge in [-0.3, -0.25) is 0 Å². The normalized spacial score (nSPS) is 11.1. The van der Waals surface area contributed by atoms with Gasteiger partial charge in [0.15, 0.2) is 0 Å². The van der Waals surface area contributed by atoms with Crippen LogP contribution in [0.2, 0.25) is 5.02 Å². The predicted octanol–water partition coefficient (Wildman–Crippen LogP) is 3.95. The molecule has 0 amide bonds. The molecule has 1 aromatic rings. The lowest BCUT2D eigenvalue weighted by Crippen LogP contribution is -2.27. The summed E-state index contributed by atoms with van der Waals surface area (Å²) in [6, 6.07) is 6.32. The van der Waals surface area contributed by atoms with Crippen LogP contribution in [0.1, 0.15) is 33.3 Å². The average molecular weight is 313 g/mol. The zero-order chi connectivity index (χ0) is 15.7. The number of benzene rings is 1. The molecule has 120 valence electrons. The van der Waals surface area contributed by atoms with Crippen molar-refractivity contribution >= 4 is 17.3 Å². The molecule has 0 heterocycles. The molecule has 21 heavy (non-hydrogen) atoms. The average Bonchev–Trinajstić information content (AvgIpc) is 2.45. The molecule has 0 aliphatic carbocycles. The SMILES string of the molecule is CCOCCN(CC)c1ccc(CNCC(C)C)c(Cl)c1. The van der Waals surface area contributed by atoms with Gasteiger partial charge in [-0.25, -0.2) is 0 Å². The van der Waals surface area contributed by atoms with Gasteiger partial charge >= 0.3 is 0 Å². The molecule has 1 rings (SSSR count). The summed E-state index contributed by atoms with van der Waals surface area (Å²) < 4.78 is 5.43. The van der Waals surface area contributed by atoms with Crippen molar-refractivity contribution < 1.29 is 4.74 Å². The van der Waals surface area contributed by atoms with Crippen LogP contribution in [0.4, 0.5) is 5.69 Å². The number of rotatable bonds is 10. The van der Waals surface area contributed by atoms with E-state index in [1.807, 2.05) is 6.92 Å². The van der Waals surface area contributed by atoms with E-state index in [1.54, 1.807) is 0 Å². The number of anilines is 1. The molecule has 0 bridgehead atoms. The quantitative estimate of drug-likeness (QED) is 0.662. The van der Waals surface area contributed by atoms with Gasteiger partial charge in [0.25, 0.3) is 0 Å². The second kappa shape index (κ2) is 10.0. The highest BCUT2D eigenvalue weighted by molar-refractivity contribution is 6.31. The lowest BCUT2D eigenvalue weighted by molar-refractivity contribution is 0.154. The summed E-state index contributed by atoms with van der Waals surface area (Å²) in [6.45, 7) is 13.8. The third-order valence-electron chi connectivity index (χ3n) is 3.36. The Morgan fingerprint density at radius 3 is 2.62 bits per heavy atom. The van der Waals surface area contributed by atoms with E-state index in [0.29, 0.717) is 5.92 Å². The number of hydrogen-bond acceptors (Lipinski definition) is 3. The van der Waals surface area contributed by atoms with E-state index in [4.69, 9.17) is 16.3 Å². The molecular formula is C17H29ClN2O. The maximum atomic E-state index is 6.41. The zero-order valence-electron chi connectivity index (χ0n) is 13.8. The molecule has 0 saturated carbocycles. The fraction of sp³-hybridized carbons (Fsp3) is 0.647. The molecule has 0 saturated heterocycles. The van der Waals surface area contributed by atoms with E-state index in [-0.39, 0.29) is 0 Å². The molecule has 1 N–H and O–H groups in total. The molecule has 3 nitrogen and oxygen atoms in total. The highest BCUT2D eigenvalue weighted by Gasteiger charge is 2.07. The van der Waals surface area contributed by atoms with Crippen LogP contribution < -0.4 is 10.2 Å². The monoisotopic (exact) mass is 312 g/mol. The number of nitrogens with zero attached hydrogens (tertiary/aromatic N) is 1. The highest BCUT2D eigenvalue weighted by atomic mass is 35.5. The van der Waals surface area contributed by atoms with Crippen LogP contribution in [0.5, 0.6) is 0 Å². The number of ether oxygens (including phenoxy) is 1. The van der Waals surface area contributed by atoms with E-state index in [9.17, 15) is 0 Å². The summed E-state index contributed by atoms with van der Waals surface area (Å²) in [4.78, 5) is 2.28. The van der Waals surface area contributed by atoms with Crippen LogP contribution in [0.25, 0.3) is 0 Å². The molecule has 0 aliphatic heterocycles. The molecule has 0 fully saturated rings. The number of likely N-dealkylation sites (N-methyl/N-ethyl adjacent to an activating group) is 1. The van der Waals surface area contributed by atoms with Crippen LogP contribution in [0.15, 0.2) is 18.2 Å². The molecule has 4 heteroatoms. The Morgan fingerprint density at radius 2 is 2.05 bits per heavy atom. The minimum absolute atomic E-state index is 0.650. The predicted molar refractivity (Wildman–Crippen MR) is 92.4 cm³/mol. The Bertz CT molecular complexity index is 410. The maximum absolute atomic E-state index is 6.41. The van der Waals surface area contributed by atoms with Crippen LogP contribution >= 0.6 is 11.6 Å². The van der Waals surface area contributed by atoms with Gasteiger partial charge in [0.2, 0.25) is 0 Å². The van der Waals surface area contributed by atoms with Crippen molar-refractivity contribution in [2.75, 3.05) is 37.7 Å². The first kappa shape index (κ1) is 18.3. The van der Waals surface area contributed by atoms with Gasteiger partial charge in [-0.15, -0.1) is 0 Å². The van der Waals surface area contributed by atoms with E-state index in [1.165, 1.54) is 0 Å². The molecular weight excluding hydrogens is 284 g/mol. The molecule has 0 radical (unpaired) electrons. The van der Waals surface area contributed by atoms with Crippen molar-refractivity contribution in [2.45, 2.75) is 34.2 Å². The van der Waals surface area contributed by atoms with E-state index in [2.05, 4.69) is 49.2 Å². The first-order chi connectivity index (χ1) is 10.1. The molecule has 1 aromatic carbocycles. The van der Waals surface area contributed by atoms with Gasteiger partial charge < -0.3 is 15.0 Å². The standard InChI is InChI=1S/C17H29ClN2O/c1-5-20(9-10-21-6-2)16-8-7-15(17(18)11-16)13-19-12-14(3)4/h7-8,11,14,19H,5-6,9-10,12-13H2,1-4H3. The summed E-state index contributed by atoms with van der Waals surface area (Å²) in [7, 11) is 0. The first-order valence-electron chi connectivity index (χ1n) is 7.90. The summed E-state index contributed by atoms with van der Waals surface area (Å²) in [5.41, 5.74) is 2.32. The van der Waals surface area contributed by atoms with Gasteiger partial charge in [0, 0.05) is 37.0 Å². The number of nitrogens with one attached hydrogen (secondary N) is 1. The largest absolute Gasteiger partial charge is 0.380 e. The third kappa shape index (κ3) is 6.68. The topological polar surface area (TPSA) is 24.5 Å². The van der Waals surface area contributed by atoms with E-state index < -0.39 is 0 Å². The number of halogens is 1. The van der Waals surface area contributed by atoms with Gasteiger partial charge in [-0.05, 0) is 44.0 Å². The lowest BCUT2D eigenvalue weighted by Gasteiger charge is -2.23. The summed E-state index contributed by atoms with van der Waals surface area (Å²) in [5.74, 6) is 0.650. The Labute approximate surface area is 134 Å². The van der Waals surface area contributed by atoms with Crippen molar-refractivity contribution in [2.24, 2.45) is 5.92 Å². The molecule has 0 unspecified atom stereocenters. The van der Waals surface area contributed by atoms with Gasteiger partial charge in [0.05, 0.1) is 6.61 Å². The molecule has 0 aromatic heterocycles. The van der Waals surface area contributed by atoms with Gasteiger partial charge in [-0.2, -0.15) is 0 Å². The maximum Gasteiger partial charge on any atom is 0.0641 e. The second-order valence-corrected chi connectivity index (χ2v) is 5.98. The van der Waals surface area contributed by atoms with E-state index in [0.717, 1.165) is 55.7 Å². The Balaban J connectivity index is 2.62. The summed E-state index contributed by atoms with van der Waals surface area (Å²) in [5, 5.41) is 4.26. The van der Waals surface area contributed by atoms with Gasteiger partial charge in [0.1, 0.15) is 0 Å². The lowest BCUT2D eigenvalue weighted by atomic mass is 10.1. The molecule has 0 spiro atoms. The second-order valence-electron chi connectivity index (χ2n) is 5.58. The molecule has 0 atom stereocenters. The van der Waals surface area contributed by atoms with Crippen LogP contribution in [-0.4, -0.2) is 32.8 Å². The fourth-order valence-corrected chi connectivity index (χ4v) is 2.40. The van der Waals surface area contributed by atoms with Gasteiger partial charge in [-0.1, -0.05) is 31.5 Å². The highest BCUT2D eigenvalue weighted by Crippen LogP contribution is 2.23. The van der Waals surface area contributed by atoms with Crippen LogP contribution in [0, 0.1) is 5.92 Å². The zero-order valence-corrected chi connectivity index (χ0v) is 14.5. The Kier molecular flexibility index (Phi) is 8.74. The smallest absolute Gasteiger partial charge is 0.0641 e. The van der Waals surface area contributed by atoms with Crippen molar-refractivity contribution in [3.05, 3.63) is 28.8 Å². The van der Waals surface area contributed by atoms with Crippen LogP contribution in [-0.2, 0) is 11.3 Å². The first-order valence-corrected chi connectivity index (χ1v) is 8.28. The number of hydrogen-bond donors (Lipinski definition) is 1.